The molecule has 3 aromatic rings. The van der Waals surface area contributed by atoms with Gasteiger partial charge in [0.2, 0.25) is 5.91 Å². The number of amides is 1. The van der Waals surface area contributed by atoms with Crippen LogP contribution in [0.4, 0.5) is 10.1 Å². The van der Waals surface area contributed by atoms with Crippen LogP contribution in [-0.4, -0.2) is 37.5 Å². The smallest absolute Gasteiger partial charge is 0.335 e. The molecule has 1 heterocycles. The van der Waals surface area contributed by atoms with Gasteiger partial charge in [-0.2, -0.15) is 0 Å². The molecule has 0 aliphatic carbocycles. The predicted octanol–water partition coefficient (Wildman–Crippen LogP) is 3.52. The SMILES string of the molecule is CC(Oc1ccc(F)cc1)c1nnc(SCC(=O)Nc2cccc(C(=O)O)c2)n1C. The summed E-state index contributed by atoms with van der Waals surface area (Å²) in [6.45, 7) is 1.80. The maximum absolute atomic E-state index is 13.0. The molecule has 156 valence electrons. The Morgan fingerprint density at radius 3 is 2.67 bits per heavy atom. The fourth-order valence-electron chi connectivity index (χ4n) is 2.63. The van der Waals surface area contributed by atoms with Crippen LogP contribution in [0.1, 0.15) is 29.2 Å². The fraction of sp³-hybridized carbons (Fsp3) is 0.200. The van der Waals surface area contributed by atoms with Crippen LogP contribution < -0.4 is 10.1 Å². The summed E-state index contributed by atoms with van der Waals surface area (Å²) in [5.41, 5.74) is 0.494. The van der Waals surface area contributed by atoms with Crippen LogP contribution in [0.25, 0.3) is 0 Å². The number of benzene rings is 2. The zero-order chi connectivity index (χ0) is 21.7. The highest BCUT2D eigenvalue weighted by molar-refractivity contribution is 7.99. The van der Waals surface area contributed by atoms with Crippen molar-refractivity contribution in [2.24, 2.45) is 7.05 Å². The van der Waals surface area contributed by atoms with Crippen LogP contribution in [0, 0.1) is 5.82 Å². The molecule has 30 heavy (non-hydrogen) atoms. The molecule has 0 spiro atoms. The number of carboxylic acid groups (broad SMARTS) is 1. The van der Waals surface area contributed by atoms with Gasteiger partial charge in [0, 0.05) is 12.7 Å². The van der Waals surface area contributed by atoms with E-state index in [0.717, 1.165) is 0 Å². The third-order valence-corrected chi connectivity index (χ3v) is 5.10. The van der Waals surface area contributed by atoms with Gasteiger partial charge in [0.05, 0.1) is 11.3 Å². The number of hydrogen-bond donors (Lipinski definition) is 2. The second-order valence-electron chi connectivity index (χ2n) is 6.34. The molecule has 0 fully saturated rings. The fourth-order valence-corrected chi connectivity index (χ4v) is 3.35. The lowest BCUT2D eigenvalue weighted by atomic mass is 10.2. The molecule has 1 amide bonds. The lowest BCUT2D eigenvalue weighted by molar-refractivity contribution is -0.113. The van der Waals surface area contributed by atoms with Gasteiger partial charge in [-0.3, -0.25) is 4.79 Å². The Bertz CT molecular complexity index is 1060. The first-order valence-corrected chi connectivity index (χ1v) is 9.89. The van der Waals surface area contributed by atoms with Crippen molar-refractivity contribution in [3.63, 3.8) is 0 Å². The Morgan fingerprint density at radius 1 is 1.23 bits per heavy atom. The van der Waals surface area contributed by atoms with Crippen molar-refractivity contribution in [1.82, 2.24) is 14.8 Å². The van der Waals surface area contributed by atoms with E-state index in [4.69, 9.17) is 9.84 Å². The summed E-state index contributed by atoms with van der Waals surface area (Å²) in [6.07, 6.45) is -0.435. The van der Waals surface area contributed by atoms with E-state index in [1.807, 2.05) is 0 Å². The lowest BCUT2D eigenvalue weighted by Gasteiger charge is -2.14. The molecular weight excluding hydrogens is 411 g/mol. The highest BCUT2D eigenvalue weighted by atomic mass is 32.2. The van der Waals surface area contributed by atoms with Crippen molar-refractivity contribution < 1.29 is 23.8 Å². The summed E-state index contributed by atoms with van der Waals surface area (Å²) in [7, 11) is 1.76. The molecule has 8 nitrogen and oxygen atoms in total. The molecule has 1 unspecified atom stereocenters. The van der Waals surface area contributed by atoms with Crippen LogP contribution in [-0.2, 0) is 11.8 Å². The second kappa shape index (κ2) is 9.40. The van der Waals surface area contributed by atoms with Crippen molar-refractivity contribution in [3.8, 4) is 5.75 Å². The van der Waals surface area contributed by atoms with Crippen LogP contribution in [0.3, 0.4) is 0 Å². The number of nitrogens with one attached hydrogen (secondary N) is 1. The van der Waals surface area contributed by atoms with E-state index in [1.54, 1.807) is 30.7 Å². The molecule has 10 heteroatoms. The topological polar surface area (TPSA) is 106 Å². The van der Waals surface area contributed by atoms with Crippen molar-refractivity contribution in [2.45, 2.75) is 18.2 Å². The molecule has 1 aromatic heterocycles. The van der Waals surface area contributed by atoms with Crippen molar-refractivity contribution in [1.29, 1.82) is 0 Å². The summed E-state index contributed by atoms with van der Waals surface area (Å²) >= 11 is 1.19. The van der Waals surface area contributed by atoms with Gasteiger partial charge in [-0.1, -0.05) is 17.8 Å². The number of halogens is 1. The first-order valence-electron chi connectivity index (χ1n) is 8.91. The largest absolute Gasteiger partial charge is 0.483 e. The van der Waals surface area contributed by atoms with E-state index in [-0.39, 0.29) is 23.0 Å². The first-order chi connectivity index (χ1) is 14.3. The number of thioether (sulfide) groups is 1. The van der Waals surface area contributed by atoms with Gasteiger partial charge in [-0.15, -0.1) is 10.2 Å². The van der Waals surface area contributed by atoms with Gasteiger partial charge in [-0.05, 0) is 49.4 Å². The average Bonchev–Trinajstić information content (AvgIpc) is 3.09. The molecule has 0 aliphatic heterocycles. The Hall–Kier alpha value is -3.40. The summed E-state index contributed by atoms with van der Waals surface area (Å²) in [4.78, 5) is 23.2. The number of rotatable bonds is 8. The Kier molecular flexibility index (Phi) is 6.68. The molecule has 3 rings (SSSR count). The highest BCUT2D eigenvalue weighted by Gasteiger charge is 2.18. The minimum absolute atomic E-state index is 0.0659. The van der Waals surface area contributed by atoms with Crippen LogP contribution >= 0.6 is 11.8 Å². The molecule has 1 atom stereocenters. The second-order valence-corrected chi connectivity index (χ2v) is 7.28. The number of carbonyl (C=O) groups excluding carboxylic acids is 1. The molecule has 0 bridgehead atoms. The summed E-state index contributed by atoms with van der Waals surface area (Å²) in [5.74, 6) is -0.594. The highest BCUT2D eigenvalue weighted by Crippen LogP contribution is 2.24. The number of ether oxygens (including phenoxy) is 1. The summed E-state index contributed by atoms with van der Waals surface area (Å²) in [6, 6.07) is 11.7. The quantitative estimate of drug-likeness (QED) is 0.527. The Morgan fingerprint density at radius 2 is 1.97 bits per heavy atom. The van der Waals surface area contributed by atoms with Gasteiger partial charge in [0.1, 0.15) is 11.6 Å². The molecule has 0 aliphatic rings. The van der Waals surface area contributed by atoms with Gasteiger partial charge in [0.15, 0.2) is 17.1 Å². The van der Waals surface area contributed by atoms with E-state index >= 15 is 0 Å². The zero-order valence-corrected chi connectivity index (χ0v) is 17.0. The zero-order valence-electron chi connectivity index (χ0n) is 16.2. The molecular formula is C20H19FN4O4S. The Labute approximate surface area is 176 Å². The number of carbonyl (C=O) groups is 2. The predicted molar refractivity (Wildman–Crippen MR) is 109 cm³/mol. The third kappa shape index (κ3) is 5.35. The van der Waals surface area contributed by atoms with Crippen LogP contribution in [0.2, 0.25) is 0 Å². The van der Waals surface area contributed by atoms with Crippen LogP contribution in [0.15, 0.2) is 53.7 Å². The van der Waals surface area contributed by atoms with Gasteiger partial charge in [0.25, 0.3) is 0 Å². The Balaban J connectivity index is 1.58. The number of aromatic carboxylic acids is 1. The minimum Gasteiger partial charge on any atom is -0.483 e. The molecule has 0 saturated carbocycles. The van der Waals surface area contributed by atoms with Crippen molar-refractivity contribution in [3.05, 3.63) is 65.7 Å². The van der Waals surface area contributed by atoms with E-state index in [2.05, 4.69) is 15.5 Å². The number of anilines is 1. The molecule has 0 saturated heterocycles. The third-order valence-electron chi connectivity index (χ3n) is 4.08. The van der Waals surface area contributed by atoms with Crippen molar-refractivity contribution >= 4 is 29.3 Å². The van der Waals surface area contributed by atoms with Crippen molar-refractivity contribution in [2.75, 3.05) is 11.1 Å². The standard InChI is InChI=1S/C20H19FN4O4S/c1-12(29-16-8-6-14(21)7-9-16)18-23-24-20(25(18)2)30-11-17(26)22-15-5-3-4-13(10-15)19(27)28/h3-10,12H,11H2,1-2H3,(H,22,26)(H,27,28). The van der Waals surface area contributed by atoms with E-state index in [9.17, 15) is 14.0 Å². The number of hydrogen-bond acceptors (Lipinski definition) is 6. The number of nitrogens with zero attached hydrogens (tertiary/aromatic N) is 3. The lowest BCUT2D eigenvalue weighted by Crippen LogP contribution is -2.15. The van der Waals surface area contributed by atoms with Gasteiger partial charge < -0.3 is 19.7 Å². The van der Waals surface area contributed by atoms with Crippen LogP contribution in [0.5, 0.6) is 5.75 Å². The first kappa shape index (κ1) is 21.3. The summed E-state index contributed by atoms with van der Waals surface area (Å²) < 4.78 is 20.5. The number of carboxylic acids is 1. The molecule has 2 aromatic carbocycles. The van der Waals surface area contributed by atoms with E-state index < -0.39 is 12.1 Å². The van der Waals surface area contributed by atoms with E-state index in [1.165, 1.54) is 48.2 Å². The number of aromatic nitrogens is 3. The average molecular weight is 430 g/mol. The molecule has 2 N–H and O–H groups in total. The summed E-state index contributed by atoms with van der Waals surface area (Å²) in [5, 5.41) is 20.4. The van der Waals surface area contributed by atoms with Gasteiger partial charge in [-0.25, -0.2) is 9.18 Å². The molecule has 0 radical (unpaired) electrons. The van der Waals surface area contributed by atoms with E-state index in [0.29, 0.717) is 22.4 Å². The monoisotopic (exact) mass is 430 g/mol. The minimum atomic E-state index is -1.07. The maximum atomic E-state index is 13.0. The normalized spacial score (nSPS) is 11.7. The van der Waals surface area contributed by atoms with Gasteiger partial charge >= 0.3 is 5.97 Å². The maximum Gasteiger partial charge on any atom is 0.335 e.